The van der Waals surface area contributed by atoms with E-state index in [2.05, 4.69) is 36.1 Å². The highest BCUT2D eigenvalue weighted by molar-refractivity contribution is 5.39. The summed E-state index contributed by atoms with van der Waals surface area (Å²) in [5.74, 6) is 1.28. The third-order valence-corrected chi connectivity index (χ3v) is 3.05. The van der Waals surface area contributed by atoms with Crippen molar-refractivity contribution in [2.45, 2.75) is 38.5 Å². The number of rotatable bonds is 1. The Kier molecular flexibility index (Phi) is 1.98. The first-order valence-electron chi connectivity index (χ1n) is 5.10. The summed E-state index contributed by atoms with van der Waals surface area (Å²) in [5.41, 5.74) is 2.76. The number of hydrogen-bond acceptors (Lipinski definition) is 3. The van der Waals surface area contributed by atoms with E-state index in [4.69, 9.17) is 0 Å². The van der Waals surface area contributed by atoms with Crippen molar-refractivity contribution in [1.82, 2.24) is 9.97 Å². The van der Waals surface area contributed by atoms with E-state index < -0.39 is 0 Å². The van der Waals surface area contributed by atoms with E-state index >= 15 is 0 Å². The Morgan fingerprint density at radius 3 is 2.86 bits per heavy atom. The van der Waals surface area contributed by atoms with Gasteiger partial charge in [0.15, 0.2) is 0 Å². The van der Waals surface area contributed by atoms with Crippen LogP contribution in [0.2, 0.25) is 0 Å². The van der Waals surface area contributed by atoms with Gasteiger partial charge < -0.3 is 5.32 Å². The molecule has 76 valence electrons. The summed E-state index contributed by atoms with van der Waals surface area (Å²) in [4.78, 5) is 8.80. The van der Waals surface area contributed by atoms with Crippen molar-refractivity contribution in [3.63, 3.8) is 0 Å². The van der Waals surface area contributed by atoms with Gasteiger partial charge in [-0.1, -0.05) is 20.8 Å². The summed E-state index contributed by atoms with van der Waals surface area (Å²) < 4.78 is 0. The lowest BCUT2D eigenvalue weighted by molar-refractivity contribution is 0.488. The molecule has 14 heavy (non-hydrogen) atoms. The number of anilines is 1. The van der Waals surface area contributed by atoms with Crippen molar-refractivity contribution in [1.29, 1.82) is 0 Å². The van der Waals surface area contributed by atoms with Gasteiger partial charge in [0.1, 0.15) is 0 Å². The number of hydrogen-bond donors (Lipinski definition) is 1. The fraction of sp³-hybridized carbons (Fsp3) is 0.636. The van der Waals surface area contributed by atoms with Crippen molar-refractivity contribution in [2.24, 2.45) is 0 Å². The molecule has 1 aromatic rings. The van der Waals surface area contributed by atoms with Crippen molar-refractivity contribution >= 4 is 5.95 Å². The lowest BCUT2D eigenvalue weighted by Crippen LogP contribution is -2.13. The zero-order valence-corrected chi connectivity index (χ0v) is 9.26. The molecule has 3 nitrogen and oxygen atoms in total. The van der Waals surface area contributed by atoms with E-state index in [0.29, 0.717) is 5.92 Å². The third kappa shape index (κ3) is 1.27. The molecule has 0 radical (unpaired) electrons. The van der Waals surface area contributed by atoms with E-state index in [0.717, 1.165) is 5.95 Å². The molecule has 3 heteroatoms. The Balaban J connectivity index is 2.52. The number of fused-ring (bicyclic) bond motifs is 1. The SMILES string of the molecule is CNc1ncc2c(n1)C(C)CC2(C)C. The third-order valence-electron chi connectivity index (χ3n) is 3.05. The van der Waals surface area contributed by atoms with E-state index in [1.807, 2.05) is 13.2 Å². The van der Waals surface area contributed by atoms with Crippen LogP contribution in [0.3, 0.4) is 0 Å². The van der Waals surface area contributed by atoms with Crippen LogP contribution in [-0.2, 0) is 5.41 Å². The van der Waals surface area contributed by atoms with E-state index in [1.54, 1.807) is 0 Å². The average molecular weight is 191 g/mol. The highest BCUT2D eigenvalue weighted by Crippen LogP contribution is 2.44. The second-order valence-corrected chi connectivity index (χ2v) is 4.73. The van der Waals surface area contributed by atoms with Gasteiger partial charge in [0, 0.05) is 13.2 Å². The smallest absolute Gasteiger partial charge is 0.222 e. The maximum atomic E-state index is 4.53. The zero-order valence-electron chi connectivity index (χ0n) is 9.26. The van der Waals surface area contributed by atoms with Crippen LogP contribution in [0.25, 0.3) is 0 Å². The van der Waals surface area contributed by atoms with Gasteiger partial charge in [0.25, 0.3) is 0 Å². The van der Waals surface area contributed by atoms with E-state index in [9.17, 15) is 0 Å². The summed E-state index contributed by atoms with van der Waals surface area (Å²) in [6, 6.07) is 0. The van der Waals surface area contributed by atoms with E-state index in [1.165, 1.54) is 17.7 Å². The van der Waals surface area contributed by atoms with Crippen LogP contribution >= 0.6 is 0 Å². The normalized spacial score (nSPS) is 23.3. The van der Waals surface area contributed by atoms with Crippen LogP contribution in [0.15, 0.2) is 6.20 Å². The second kappa shape index (κ2) is 2.94. The molecule has 0 bridgehead atoms. The van der Waals surface area contributed by atoms with Crippen LogP contribution in [0.5, 0.6) is 0 Å². The van der Waals surface area contributed by atoms with Crippen molar-refractivity contribution < 1.29 is 0 Å². The summed E-state index contributed by atoms with van der Waals surface area (Å²) >= 11 is 0. The summed E-state index contributed by atoms with van der Waals surface area (Å²) in [6.07, 6.45) is 3.14. The van der Waals surface area contributed by atoms with Gasteiger partial charge in [-0.2, -0.15) is 0 Å². The molecule has 0 spiro atoms. The van der Waals surface area contributed by atoms with Gasteiger partial charge in [-0.25, -0.2) is 9.97 Å². The zero-order chi connectivity index (χ0) is 10.3. The Labute approximate surface area is 85.0 Å². The Morgan fingerprint density at radius 2 is 2.21 bits per heavy atom. The monoisotopic (exact) mass is 191 g/mol. The summed E-state index contributed by atoms with van der Waals surface area (Å²) in [7, 11) is 1.85. The molecule has 1 aliphatic carbocycles. The van der Waals surface area contributed by atoms with Gasteiger partial charge in [0.2, 0.25) is 5.95 Å². The second-order valence-electron chi connectivity index (χ2n) is 4.73. The summed E-state index contributed by atoms with van der Waals surface area (Å²) in [5, 5.41) is 2.98. The highest BCUT2D eigenvalue weighted by atomic mass is 15.1. The van der Waals surface area contributed by atoms with Gasteiger partial charge in [-0.15, -0.1) is 0 Å². The first-order chi connectivity index (χ1) is 6.54. The number of aromatic nitrogens is 2. The quantitative estimate of drug-likeness (QED) is 0.740. The maximum absolute atomic E-state index is 4.53. The Hall–Kier alpha value is -1.12. The van der Waals surface area contributed by atoms with Crippen LogP contribution in [0, 0.1) is 0 Å². The predicted octanol–water partition coefficient (Wildman–Crippen LogP) is 2.30. The molecule has 1 aliphatic rings. The molecule has 2 rings (SSSR count). The van der Waals surface area contributed by atoms with Crippen LogP contribution in [0.1, 0.15) is 44.4 Å². The molecule has 0 saturated carbocycles. The van der Waals surface area contributed by atoms with Gasteiger partial charge >= 0.3 is 0 Å². The number of nitrogens with zero attached hydrogens (tertiary/aromatic N) is 2. The molecule has 1 heterocycles. The molecular formula is C11H17N3. The van der Waals surface area contributed by atoms with Crippen LogP contribution in [0.4, 0.5) is 5.95 Å². The van der Waals surface area contributed by atoms with Crippen LogP contribution in [-0.4, -0.2) is 17.0 Å². The van der Waals surface area contributed by atoms with Crippen molar-refractivity contribution in [2.75, 3.05) is 12.4 Å². The topological polar surface area (TPSA) is 37.8 Å². The molecule has 0 saturated heterocycles. The standard InChI is InChI=1S/C11H17N3/c1-7-5-11(2,3)8-6-13-10(12-4)14-9(7)8/h6-7H,5H2,1-4H3,(H,12,13,14). The highest BCUT2D eigenvalue weighted by Gasteiger charge is 2.36. The summed E-state index contributed by atoms with van der Waals surface area (Å²) in [6.45, 7) is 6.76. The molecule has 1 unspecified atom stereocenters. The van der Waals surface area contributed by atoms with Crippen molar-refractivity contribution in [3.8, 4) is 0 Å². The largest absolute Gasteiger partial charge is 0.357 e. The molecule has 1 N–H and O–H groups in total. The fourth-order valence-electron chi connectivity index (χ4n) is 2.38. The molecule has 0 aromatic carbocycles. The van der Waals surface area contributed by atoms with Crippen molar-refractivity contribution in [3.05, 3.63) is 17.5 Å². The lowest BCUT2D eigenvalue weighted by Gasteiger charge is -2.17. The van der Waals surface area contributed by atoms with Gasteiger partial charge in [-0.3, -0.25) is 0 Å². The van der Waals surface area contributed by atoms with Crippen LogP contribution < -0.4 is 5.32 Å². The Morgan fingerprint density at radius 1 is 1.50 bits per heavy atom. The Bertz CT molecular complexity index is 358. The molecule has 0 fully saturated rings. The minimum absolute atomic E-state index is 0.237. The number of nitrogens with one attached hydrogen (secondary N) is 1. The average Bonchev–Trinajstić information content (AvgIpc) is 2.37. The van der Waals surface area contributed by atoms with Gasteiger partial charge in [0.05, 0.1) is 5.69 Å². The molecule has 1 atom stereocenters. The maximum Gasteiger partial charge on any atom is 0.222 e. The minimum Gasteiger partial charge on any atom is -0.357 e. The molecule has 0 aliphatic heterocycles. The molecular weight excluding hydrogens is 174 g/mol. The molecule has 1 aromatic heterocycles. The minimum atomic E-state index is 0.237. The first kappa shape index (κ1) is 9.44. The fourth-order valence-corrected chi connectivity index (χ4v) is 2.38. The first-order valence-corrected chi connectivity index (χ1v) is 5.10. The lowest BCUT2D eigenvalue weighted by atomic mass is 9.87. The van der Waals surface area contributed by atoms with Gasteiger partial charge in [-0.05, 0) is 23.3 Å². The molecule has 0 amide bonds. The predicted molar refractivity (Wildman–Crippen MR) is 57.6 cm³/mol. The van der Waals surface area contributed by atoms with E-state index in [-0.39, 0.29) is 5.41 Å².